The zero-order valence-corrected chi connectivity index (χ0v) is 15.6. The van der Waals surface area contributed by atoms with Gasteiger partial charge >= 0.3 is 5.97 Å². The van der Waals surface area contributed by atoms with Crippen molar-refractivity contribution in [2.75, 3.05) is 26.3 Å². The van der Waals surface area contributed by atoms with E-state index in [2.05, 4.69) is 5.10 Å². The molecular weight excluding hydrogens is 365 g/mol. The van der Waals surface area contributed by atoms with E-state index in [0.29, 0.717) is 49.5 Å². The van der Waals surface area contributed by atoms with E-state index in [0.717, 1.165) is 0 Å². The van der Waals surface area contributed by atoms with E-state index < -0.39 is 11.4 Å². The Morgan fingerprint density at radius 3 is 2.75 bits per heavy atom. The Hall–Kier alpha value is -2.74. The Balaban J connectivity index is 1.64. The van der Waals surface area contributed by atoms with Crippen LogP contribution in [0, 0.1) is 17.2 Å². The highest BCUT2D eigenvalue weighted by atomic mass is 19.1. The lowest BCUT2D eigenvalue weighted by molar-refractivity contribution is -0.157. The largest absolute Gasteiger partial charge is 0.481 e. The van der Waals surface area contributed by atoms with Gasteiger partial charge in [0.1, 0.15) is 5.82 Å². The van der Waals surface area contributed by atoms with Gasteiger partial charge in [0.15, 0.2) is 0 Å². The van der Waals surface area contributed by atoms with Gasteiger partial charge in [-0.05, 0) is 37.1 Å². The number of hydrogen-bond acceptors (Lipinski definition) is 4. The molecule has 0 unspecified atom stereocenters. The number of aliphatic carboxylic acids is 1. The summed E-state index contributed by atoms with van der Waals surface area (Å²) in [6.07, 6.45) is 2.48. The molecule has 2 aliphatic rings. The second-order valence-electron chi connectivity index (χ2n) is 7.42. The topological polar surface area (TPSA) is 84.7 Å². The number of carbonyl (C=O) groups is 2. The van der Waals surface area contributed by atoms with E-state index in [-0.39, 0.29) is 24.2 Å². The summed E-state index contributed by atoms with van der Waals surface area (Å²) in [5, 5.41) is 14.1. The Bertz CT molecular complexity index is 911. The monoisotopic (exact) mass is 387 g/mol. The number of aromatic nitrogens is 2. The fraction of sp³-hybridized carbons (Fsp3) is 0.450. The molecule has 0 radical (unpaired) electrons. The van der Waals surface area contributed by atoms with Crippen LogP contribution >= 0.6 is 0 Å². The molecule has 2 saturated heterocycles. The predicted octanol–water partition coefficient (Wildman–Crippen LogP) is 2.14. The smallest absolute Gasteiger partial charge is 0.311 e. The average Bonchev–Trinajstić information content (AvgIpc) is 3.30. The lowest BCUT2D eigenvalue weighted by atomic mass is 9.74. The first-order valence-electron chi connectivity index (χ1n) is 9.39. The average molecular weight is 387 g/mol. The number of carbonyl (C=O) groups excluding carboxylic acids is 1. The molecule has 1 aromatic carbocycles. The molecule has 1 N–H and O–H groups in total. The van der Waals surface area contributed by atoms with Gasteiger partial charge in [0.2, 0.25) is 0 Å². The van der Waals surface area contributed by atoms with Crippen LogP contribution < -0.4 is 0 Å². The van der Waals surface area contributed by atoms with Gasteiger partial charge in [0.25, 0.3) is 5.91 Å². The lowest BCUT2D eigenvalue weighted by Gasteiger charge is -2.33. The molecule has 8 heteroatoms. The summed E-state index contributed by atoms with van der Waals surface area (Å²) >= 11 is 0. The third-order valence-corrected chi connectivity index (χ3v) is 5.93. The summed E-state index contributed by atoms with van der Waals surface area (Å²) in [5.41, 5.74) is 0.898. The van der Waals surface area contributed by atoms with E-state index in [9.17, 15) is 19.1 Å². The van der Waals surface area contributed by atoms with Crippen molar-refractivity contribution in [1.82, 2.24) is 14.7 Å². The van der Waals surface area contributed by atoms with Gasteiger partial charge in [-0.2, -0.15) is 5.10 Å². The molecule has 148 valence electrons. The number of ether oxygens (including phenoxy) is 1. The first-order chi connectivity index (χ1) is 13.5. The molecule has 1 amide bonds. The van der Waals surface area contributed by atoms with Crippen LogP contribution in [-0.2, 0) is 16.0 Å². The number of halogens is 1. The maximum absolute atomic E-state index is 13.2. The minimum absolute atomic E-state index is 0.181. The third kappa shape index (κ3) is 2.88. The molecule has 1 aromatic heterocycles. The minimum atomic E-state index is -0.937. The summed E-state index contributed by atoms with van der Waals surface area (Å²) in [4.78, 5) is 26.8. The minimum Gasteiger partial charge on any atom is -0.481 e. The van der Waals surface area contributed by atoms with E-state index in [4.69, 9.17) is 4.74 Å². The molecule has 2 aliphatic heterocycles. The van der Waals surface area contributed by atoms with Crippen molar-refractivity contribution in [3.8, 4) is 5.69 Å². The Kier molecular flexibility index (Phi) is 4.66. The van der Waals surface area contributed by atoms with Crippen LogP contribution in [0.3, 0.4) is 0 Å². The summed E-state index contributed by atoms with van der Waals surface area (Å²) in [6, 6.07) is 5.91. The van der Waals surface area contributed by atoms with Crippen molar-refractivity contribution >= 4 is 11.9 Å². The van der Waals surface area contributed by atoms with E-state index in [1.165, 1.54) is 18.3 Å². The van der Waals surface area contributed by atoms with Gasteiger partial charge in [-0.15, -0.1) is 0 Å². The second kappa shape index (κ2) is 7.01. The Morgan fingerprint density at radius 2 is 2.11 bits per heavy atom. The normalized spacial score (nSPS) is 24.2. The number of rotatable bonds is 4. The number of benzene rings is 1. The van der Waals surface area contributed by atoms with Gasteiger partial charge in [0, 0.05) is 25.6 Å². The van der Waals surface area contributed by atoms with Gasteiger partial charge in [-0.3, -0.25) is 9.59 Å². The SMILES string of the molecule is CCc1c(C(=O)N2C[C@H]3COCC[C@@]3(C(=O)O)C2)cnn1-c1ccc(F)cc1. The van der Waals surface area contributed by atoms with E-state index in [1.54, 1.807) is 21.7 Å². The van der Waals surface area contributed by atoms with Crippen molar-refractivity contribution in [3.63, 3.8) is 0 Å². The van der Waals surface area contributed by atoms with Crippen LogP contribution in [0.4, 0.5) is 4.39 Å². The van der Waals surface area contributed by atoms with E-state index in [1.807, 2.05) is 6.92 Å². The molecule has 2 fully saturated rings. The maximum Gasteiger partial charge on any atom is 0.311 e. The molecule has 0 spiro atoms. The molecule has 2 atom stereocenters. The van der Waals surface area contributed by atoms with Gasteiger partial charge in [-0.1, -0.05) is 6.92 Å². The molecule has 7 nitrogen and oxygen atoms in total. The highest BCUT2D eigenvalue weighted by molar-refractivity contribution is 5.96. The van der Waals surface area contributed by atoms with Crippen LogP contribution in [-0.4, -0.2) is 58.0 Å². The van der Waals surface area contributed by atoms with Crippen molar-refractivity contribution in [3.05, 3.63) is 47.5 Å². The number of carboxylic acid groups (broad SMARTS) is 1. The molecule has 3 heterocycles. The molecule has 4 rings (SSSR count). The lowest BCUT2D eigenvalue weighted by Crippen LogP contribution is -2.45. The fourth-order valence-electron chi connectivity index (χ4n) is 4.32. The standard InChI is InChI=1S/C20H22FN3O4/c1-2-17-16(9-22-24(17)15-5-3-14(21)4-6-15)18(25)23-10-13-11-28-8-7-20(13,12-23)19(26)27/h3-6,9,13H,2,7-8,10-12H2,1H3,(H,26,27)/t13-,20+/m0/s1. The first-order valence-corrected chi connectivity index (χ1v) is 9.39. The molecule has 0 aliphatic carbocycles. The van der Waals surface area contributed by atoms with Crippen LogP contribution in [0.1, 0.15) is 29.4 Å². The fourth-order valence-corrected chi connectivity index (χ4v) is 4.32. The summed E-state index contributed by atoms with van der Waals surface area (Å²) in [5.74, 6) is -1.64. The quantitative estimate of drug-likeness (QED) is 0.869. The maximum atomic E-state index is 13.2. The molecule has 28 heavy (non-hydrogen) atoms. The number of likely N-dealkylation sites (tertiary alicyclic amines) is 1. The number of nitrogens with zero attached hydrogens (tertiary/aromatic N) is 3. The second-order valence-corrected chi connectivity index (χ2v) is 7.42. The Labute approximate surface area is 161 Å². The molecule has 0 bridgehead atoms. The van der Waals surface area contributed by atoms with Crippen molar-refractivity contribution < 1.29 is 23.8 Å². The van der Waals surface area contributed by atoms with Crippen LogP contribution in [0.25, 0.3) is 5.69 Å². The van der Waals surface area contributed by atoms with Crippen molar-refractivity contribution in [1.29, 1.82) is 0 Å². The number of fused-ring (bicyclic) bond motifs is 1. The zero-order valence-electron chi connectivity index (χ0n) is 15.6. The van der Waals surface area contributed by atoms with Crippen LogP contribution in [0.5, 0.6) is 0 Å². The molecular formula is C20H22FN3O4. The Morgan fingerprint density at radius 1 is 1.36 bits per heavy atom. The van der Waals surface area contributed by atoms with Crippen molar-refractivity contribution in [2.45, 2.75) is 19.8 Å². The summed E-state index contributed by atoms with van der Waals surface area (Å²) in [6.45, 7) is 3.21. The molecule has 0 saturated carbocycles. The number of carboxylic acids is 1. The first kappa shape index (κ1) is 18.6. The van der Waals surface area contributed by atoms with Gasteiger partial charge in [-0.25, -0.2) is 9.07 Å². The molecule has 2 aromatic rings. The highest BCUT2D eigenvalue weighted by Crippen LogP contribution is 2.43. The van der Waals surface area contributed by atoms with Gasteiger partial charge in [0.05, 0.1) is 35.2 Å². The van der Waals surface area contributed by atoms with E-state index >= 15 is 0 Å². The summed E-state index contributed by atoms with van der Waals surface area (Å²) in [7, 11) is 0. The van der Waals surface area contributed by atoms with Crippen molar-refractivity contribution in [2.24, 2.45) is 11.3 Å². The number of amides is 1. The predicted molar refractivity (Wildman–Crippen MR) is 97.8 cm³/mol. The number of hydrogen-bond donors (Lipinski definition) is 1. The summed E-state index contributed by atoms with van der Waals surface area (Å²) < 4.78 is 20.3. The van der Waals surface area contributed by atoms with Crippen LogP contribution in [0.2, 0.25) is 0 Å². The third-order valence-electron chi connectivity index (χ3n) is 5.93. The van der Waals surface area contributed by atoms with Crippen LogP contribution in [0.15, 0.2) is 30.5 Å². The highest BCUT2D eigenvalue weighted by Gasteiger charge is 2.55. The van der Waals surface area contributed by atoms with Gasteiger partial charge < -0.3 is 14.7 Å². The zero-order chi connectivity index (χ0) is 19.9.